The van der Waals surface area contributed by atoms with Crippen LogP contribution >= 0.6 is 15.9 Å². The Morgan fingerprint density at radius 1 is 1.32 bits per heavy atom. The molecule has 0 bridgehead atoms. The number of anilines is 1. The van der Waals surface area contributed by atoms with Crippen molar-refractivity contribution in [1.29, 1.82) is 0 Å². The van der Waals surface area contributed by atoms with Gasteiger partial charge in [-0.05, 0) is 53.2 Å². The van der Waals surface area contributed by atoms with Crippen molar-refractivity contribution in [2.45, 2.75) is 13.0 Å². The molecule has 1 aromatic heterocycles. The van der Waals surface area contributed by atoms with Crippen LogP contribution in [0.5, 0.6) is 5.75 Å². The van der Waals surface area contributed by atoms with Crippen LogP contribution in [0, 0.1) is 5.82 Å². The summed E-state index contributed by atoms with van der Waals surface area (Å²) in [5, 5.41) is 3.21. The lowest BCUT2D eigenvalue weighted by Crippen LogP contribution is -2.09. The molecule has 100 valence electrons. The van der Waals surface area contributed by atoms with Crippen molar-refractivity contribution in [3.8, 4) is 5.75 Å². The number of methoxy groups -OCH3 is 1. The summed E-state index contributed by atoms with van der Waals surface area (Å²) in [7, 11) is 1.57. The van der Waals surface area contributed by atoms with Gasteiger partial charge in [-0.25, -0.2) is 9.37 Å². The van der Waals surface area contributed by atoms with Crippen molar-refractivity contribution in [2.24, 2.45) is 0 Å². The number of hydrogen-bond donors (Lipinski definition) is 1. The van der Waals surface area contributed by atoms with Crippen molar-refractivity contribution < 1.29 is 9.13 Å². The van der Waals surface area contributed by atoms with E-state index in [1.54, 1.807) is 19.4 Å². The molecule has 0 amide bonds. The first-order valence-electron chi connectivity index (χ1n) is 5.81. The monoisotopic (exact) mass is 324 g/mol. The molecular formula is C14H14BrFN2O. The predicted octanol–water partition coefficient (Wildman–Crippen LogP) is 4.16. The minimum Gasteiger partial charge on any atom is -0.496 e. The van der Waals surface area contributed by atoms with Gasteiger partial charge < -0.3 is 10.1 Å². The van der Waals surface area contributed by atoms with Crippen molar-refractivity contribution in [1.82, 2.24) is 4.98 Å². The molecule has 0 saturated carbocycles. The molecule has 0 radical (unpaired) electrons. The number of benzene rings is 1. The molecule has 19 heavy (non-hydrogen) atoms. The van der Waals surface area contributed by atoms with Crippen LogP contribution in [0.3, 0.4) is 0 Å². The molecule has 1 atom stereocenters. The average Bonchev–Trinajstić information content (AvgIpc) is 2.41. The number of pyridine rings is 1. The van der Waals surface area contributed by atoms with Crippen LogP contribution in [0.15, 0.2) is 41.0 Å². The van der Waals surface area contributed by atoms with Crippen molar-refractivity contribution in [3.05, 3.63) is 52.4 Å². The highest BCUT2D eigenvalue weighted by Gasteiger charge is 2.12. The average molecular weight is 325 g/mol. The van der Waals surface area contributed by atoms with E-state index in [9.17, 15) is 4.39 Å². The zero-order chi connectivity index (χ0) is 13.8. The van der Waals surface area contributed by atoms with Gasteiger partial charge in [-0.1, -0.05) is 0 Å². The van der Waals surface area contributed by atoms with Crippen molar-refractivity contribution in [2.75, 3.05) is 12.4 Å². The Morgan fingerprint density at radius 2 is 2.11 bits per heavy atom. The summed E-state index contributed by atoms with van der Waals surface area (Å²) in [6.45, 7) is 1.93. The number of rotatable bonds is 4. The Bertz CT molecular complexity index is 560. The van der Waals surface area contributed by atoms with Gasteiger partial charge in [0.2, 0.25) is 0 Å². The Hall–Kier alpha value is -1.62. The molecule has 1 heterocycles. The normalized spacial score (nSPS) is 12.0. The third-order valence-electron chi connectivity index (χ3n) is 2.75. The van der Waals surface area contributed by atoms with Crippen LogP contribution in [-0.4, -0.2) is 12.1 Å². The molecule has 1 aromatic carbocycles. The summed E-state index contributed by atoms with van der Waals surface area (Å²) in [6, 6.07) is 8.11. The third kappa shape index (κ3) is 3.44. The van der Waals surface area contributed by atoms with Crippen LogP contribution in [0.4, 0.5) is 10.2 Å². The Kier molecular flexibility index (Phi) is 4.37. The highest BCUT2D eigenvalue weighted by Crippen LogP contribution is 2.28. The van der Waals surface area contributed by atoms with E-state index >= 15 is 0 Å². The van der Waals surface area contributed by atoms with Crippen LogP contribution in [-0.2, 0) is 0 Å². The highest BCUT2D eigenvalue weighted by atomic mass is 79.9. The van der Waals surface area contributed by atoms with Gasteiger partial charge in [0.15, 0.2) is 0 Å². The van der Waals surface area contributed by atoms with Gasteiger partial charge in [0.1, 0.15) is 17.4 Å². The first-order valence-corrected chi connectivity index (χ1v) is 6.61. The second-order valence-corrected chi connectivity index (χ2v) is 5.03. The molecule has 2 rings (SSSR count). The minimum absolute atomic E-state index is 0.112. The summed E-state index contributed by atoms with van der Waals surface area (Å²) in [5.41, 5.74) is 0.757. The molecular weight excluding hydrogens is 311 g/mol. The summed E-state index contributed by atoms with van der Waals surface area (Å²) in [4.78, 5) is 4.23. The number of halogens is 2. The second-order valence-electron chi connectivity index (χ2n) is 4.11. The molecule has 2 aromatic rings. The van der Waals surface area contributed by atoms with Crippen LogP contribution < -0.4 is 10.1 Å². The lowest BCUT2D eigenvalue weighted by Gasteiger charge is -2.17. The largest absolute Gasteiger partial charge is 0.496 e. The summed E-state index contributed by atoms with van der Waals surface area (Å²) in [6.07, 6.45) is 1.71. The standard InChI is InChI=1S/C14H14BrFN2O/c1-9(18-14-6-3-10(15)8-17-14)12-7-11(16)4-5-13(12)19-2/h3-9H,1-2H3,(H,17,18). The van der Waals surface area contributed by atoms with Gasteiger partial charge in [0.25, 0.3) is 0 Å². The number of hydrogen-bond acceptors (Lipinski definition) is 3. The molecule has 0 aliphatic carbocycles. The smallest absolute Gasteiger partial charge is 0.126 e. The molecule has 1 unspecified atom stereocenters. The topological polar surface area (TPSA) is 34.1 Å². The lowest BCUT2D eigenvalue weighted by molar-refractivity contribution is 0.406. The Morgan fingerprint density at radius 3 is 2.74 bits per heavy atom. The molecule has 0 spiro atoms. The fourth-order valence-corrected chi connectivity index (χ4v) is 2.04. The van der Waals surface area contributed by atoms with Gasteiger partial charge in [-0.2, -0.15) is 0 Å². The van der Waals surface area contributed by atoms with Gasteiger partial charge in [-0.3, -0.25) is 0 Å². The molecule has 5 heteroatoms. The zero-order valence-electron chi connectivity index (χ0n) is 10.7. The molecule has 0 aliphatic rings. The highest BCUT2D eigenvalue weighted by molar-refractivity contribution is 9.10. The van der Waals surface area contributed by atoms with E-state index in [1.807, 2.05) is 19.1 Å². The van der Waals surface area contributed by atoms with Gasteiger partial charge in [-0.15, -0.1) is 0 Å². The van der Waals surface area contributed by atoms with Gasteiger partial charge in [0.05, 0.1) is 13.2 Å². The van der Waals surface area contributed by atoms with Crippen molar-refractivity contribution in [3.63, 3.8) is 0 Å². The SMILES string of the molecule is COc1ccc(F)cc1C(C)Nc1ccc(Br)cn1. The van der Waals surface area contributed by atoms with E-state index in [0.29, 0.717) is 5.75 Å². The summed E-state index contributed by atoms with van der Waals surface area (Å²) >= 11 is 3.33. The van der Waals surface area contributed by atoms with Crippen LogP contribution in [0.25, 0.3) is 0 Å². The van der Waals surface area contributed by atoms with Crippen LogP contribution in [0.1, 0.15) is 18.5 Å². The van der Waals surface area contributed by atoms with E-state index < -0.39 is 0 Å². The fraction of sp³-hybridized carbons (Fsp3) is 0.214. The molecule has 1 N–H and O–H groups in total. The van der Waals surface area contributed by atoms with E-state index in [1.165, 1.54) is 12.1 Å². The van der Waals surface area contributed by atoms with E-state index in [-0.39, 0.29) is 11.9 Å². The van der Waals surface area contributed by atoms with Gasteiger partial charge >= 0.3 is 0 Å². The van der Waals surface area contributed by atoms with Crippen LogP contribution in [0.2, 0.25) is 0 Å². The maximum absolute atomic E-state index is 13.3. The molecule has 0 saturated heterocycles. The maximum Gasteiger partial charge on any atom is 0.126 e. The predicted molar refractivity (Wildman–Crippen MR) is 76.9 cm³/mol. The first kappa shape index (κ1) is 13.8. The maximum atomic E-state index is 13.3. The van der Waals surface area contributed by atoms with E-state index in [2.05, 4.69) is 26.2 Å². The van der Waals surface area contributed by atoms with Crippen molar-refractivity contribution >= 4 is 21.7 Å². The number of aromatic nitrogens is 1. The minimum atomic E-state index is -0.284. The number of nitrogens with zero attached hydrogens (tertiary/aromatic N) is 1. The third-order valence-corrected chi connectivity index (χ3v) is 3.22. The Labute approximate surface area is 119 Å². The molecule has 0 fully saturated rings. The van der Waals surface area contributed by atoms with E-state index in [0.717, 1.165) is 15.9 Å². The quantitative estimate of drug-likeness (QED) is 0.916. The van der Waals surface area contributed by atoms with E-state index in [4.69, 9.17) is 4.74 Å². The fourth-order valence-electron chi connectivity index (χ4n) is 1.80. The molecule has 0 aliphatic heterocycles. The Balaban J connectivity index is 2.21. The number of nitrogens with one attached hydrogen (secondary N) is 1. The zero-order valence-corrected chi connectivity index (χ0v) is 12.2. The summed E-state index contributed by atoms with van der Waals surface area (Å²) in [5.74, 6) is 1.09. The van der Waals surface area contributed by atoms with Gasteiger partial charge in [0, 0.05) is 16.2 Å². The second kappa shape index (κ2) is 6.02. The summed E-state index contributed by atoms with van der Waals surface area (Å²) < 4.78 is 19.5. The molecule has 3 nitrogen and oxygen atoms in total. The first-order chi connectivity index (χ1) is 9.10. The number of ether oxygens (including phenoxy) is 1. The lowest BCUT2D eigenvalue weighted by atomic mass is 10.1.